The number of carbonyl (C=O) groups is 1. The zero-order valence-corrected chi connectivity index (χ0v) is 11.1. The molecule has 0 fully saturated rings. The van der Waals surface area contributed by atoms with Crippen LogP contribution in [-0.2, 0) is 11.3 Å². The van der Waals surface area contributed by atoms with Gasteiger partial charge in [-0.2, -0.15) is 5.10 Å². The number of carbonyl (C=O) groups excluding carboxylic acids is 1. The van der Waals surface area contributed by atoms with Gasteiger partial charge in [0.1, 0.15) is 0 Å². The Morgan fingerprint density at radius 3 is 2.63 bits per heavy atom. The first kappa shape index (κ1) is 13.3. The third kappa shape index (κ3) is 3.20. The fraction of sp³-hybridized carbons (Fsp3) is 0.286. The van der Waals surface area contributed by atoms with E-state index in [0.717, 1.165) is 11.4 Å². The molecule has 0 saturated carbocycles. The maximum Gasteiger partial charge on any atom is 0.237 e. The van der Waals surface area contributed by atoms with E-state index in [2.05, 4.69) is 10.4 Å². The maximum atomic E-state index is 11.2. The van der Waals surface area contributed by atoms with Gasteiger partial charge in [0, 0.05) is 12.7 Å². The van der Waals surface area contributed by atoms with Crippen molar-refractivity contribution in [2.45, 2.75) is 25.9 Å². The van der Waals surface area contributed by atoms with E-state index in [-0.39, 0.29) is 5.91 Å². The van der Waals surface area contributed by atoms with E-state index in [1.54, 1.807) is 18.5 Å². The van der Waals surface area contributed by atoms with Crippen molar-refractivity contribution < 1.29 is 4.79 Å². The molecule has 1 aromatic heterocycles. The smallest absolute Gasteiger partial charge is 0.237 e. The second kappa shape index (κ2) is 5.24. The van der Waals surface area contributed by atoms with Crippen molar-refractivity contribution in [1.29, 1.82) is 0 Å². The largest absolute Gasteiger partial charge is 0.368 e. The lowest BCUT2D eigenvalue weighted by Crippen LogP contribution is -2.50. The minimum absolute atomic E-state index is 0.380. The van der Waals surface area contributed by atoms with Crippen LogP contribution in [0.4, 0.5) is 0 Å². The number of hydrogen-bond acceptors (Lipinski definition) is 3. The van der Waals surface area contributed by atoms with Crippen molar-refractivity contribution in [2.75, 3.05) is 0 Å². The van der Waals surface area contributed by atoms with Gasteiger partial charge in [-0.25, -0.2) is 4.68 Å². The molecule has 0 aliphatic carbocycles. The summed E-state index contributed by atoms with van der Waals surface area (Å²) in [4.78, 5) is 11.2. The average molecular weight is 258 g/mol. The van der Waals surface area contributed by atoms with E-state index in [1.165, 1.54) is 0 Å². The van der Waals surface area contributed by atoms with Crippen LogP contribution in [-0.4, -0.2) is 21.2 Å². The third-order valence-electron chi connectivity index (χ3n) is 2.99. The predicted octanol–water partition coefficient (Wildman–Crippen LogP) is 1.23. The van der Waals surface area contributed by atoms with Gasteiger partial charge in [0.2, 0.25) is 5.91 Å². The minimum atomic E-state index is -0.740. The third-order valence-corrected chi connectivity index (χ3v) is 2.99. The van der Waals surface area contributed by atoms with Gasteiger partial charge in [-0.05, 0) is 32.0 Å². The average Bonchev–Trinajstić information content (AvgIpc) is 2.86. The molecule has 2 rings (SSSR count). The van der Waals surface area contributed by atoms with Gasteiger partial charge in [0.05, 0.1) is 16.9 Å². The lowest BCUT2D eigenvalue weighted by molar-refractivity contribution is -0.123. The van der Waals surface area contributed by atoms with Crippen LogP contribution in [0.2, 0.25) is 0 Å². The fourth-order valence-electron chi connectivity index (χ4n) is 1.58. The predicted molar refractivity (Wildman–Crippen MR) is 73.7 cm³/mol. The Bertz CT molecular complexity index is 560. The van der Waals surface area contributed by atoms with Gasteiger partial charge in [-0.3, -0.25) is 10.1 Å². The number of aromatic nitrogens is 2. The van der Waals surface area contributed by atoms with Crippen LogP contribution < -0.4 is 11.1 Å². The number of amides is 1. The lowest BCUT2D eigenvalue weighted by atomic mass is 10.1. The van der Waals surface area contributed by atoms with Crippen molar-refractivity contribution in [2.24, 2.45) is 5.73 Å². The Balaban J connectivity index is 2.05. The highest BCUT2D eigenvalue weighted by Gasteiger charge is 2.23. The molecule has 0 saturated heterocycles. The molecule has 0 aliphatic rings. The molecular formula is C14H18N4O. The molecule has 5 heteroatoms. The monoisotopic (exact) mass is 258 g/mol. The molecule has 1 amide bonds. The number of nitrogens with zero attached hydrogens (tertiary/aromatic N) is 2. The number of para-hydroxylation sites is 1. The van der Waals surface area contributed by atoms with Crippen molar-refractivity contribution in [1.82, 2.24) is 15.1 Å². The molecular weight excluding hydrogens is 240 g/mol. The molecule has 5 nitrogen and oxygen atoms in total. The highest BCUT2D eigenvalue weighted by atomic mass is 16.1. The first-order valence-electron chi connectivity index (χ1n) is 6.14. The molecule has 0 radical (unpaired) electrons. The van der Waals surface area contributed by atoms with Crippen molar-refractivity contribution in [3.8, 4) is 5.69 Å². The highest BCUT2D eigenvalue weighted by Crippen LogP contribution is 2.08. The molecule has 3 N–H and O–H groups in total. The number of nitrogens with two attached hydrogens (primary N) is 1. The molecule has 0 bridgehead atoms. The van der Waals surface area contributed by atoms with Gasteiger partial charge in [-0.1, -0.05) is 18.2 Å². The maximum absolute atomic E-state index is 11.2. The number of hydrogen-bond donors (Lipinski definition) is 2. The molecule has 0 atom stereocenters. The van der Waals surface area contributed by atoms with E-state index in [1.807, 2.05) is 42.6 Å². The normalized spacial score (nSPS) is 11.5. The topological polar surface area (TPSA) is 72.9 Å². The van der Waals surface area contributed by atoms with Gasteiger partial charge >= 0.3 is 0 Å². The number of benzene rings is 1. The Morgan fingerprint density at radius 1 is 1.32 bits per heavy atom. The minimum Gasteiger partial charge on any atom is -0.368 e. The van der Waals surface area contributed by atoms with Gasteiger partial charge in [0.25, 0.3) is 0 Å². The van der Waals surface area contributed by atoms with E-state index in [4.69, 9.17) is 5.73 Å². The lowest BCUT2D eigenvalue weighted by Gasteiger charge is -2.21. The van der Waals surface area contributed by atoms with E-state index < -0.39 is 5.54 Å². The molecule has 0 spiro atoms. The number of primary amides is 1. The molecule has 0 unspecified atom stereocenters. The first-order valence-corrected chi connectivity index (χ1v) is 6.14. The summed E-state index contributed by atoms with van der Waals surface area (Å²) in [5.74, 6) is -0.380. The summed E-state index contributed by atoms with van der Waals surface area (Å²) < 4.78 is 1.80. The number of nitrogens with one attached hydrogen (secondary N) is 1. The summed E-state index contributed by atoms with van der Waals surface area (Å²) in [6.45, 7) is 4.00. The Kier molecular flexibility index (Phi) is 3.66. The molecule has 1 heterocycles. The standard InChI is InChI=1S/C14H18N4O/c1-14(2,13(15)19)16-10-11-8-9-18(17-11)12-6-4-3-5-7-12/h3-9,16H,10H2,1-2H3,(H2,15,19). The van der Waals surface area contributed by atoms with E-state index in [9.17, 15) is 4.79 Å². The summed E-state index contributed by atoms with van der Waals surface area (Å²) in [5.41, 5.74) is 6.43. The molecule has 2 aromatic rings. The van der Waals surface area contributed by atoms with Gasteiger partial charge in [0.15, 0.2) is 0 Å². The summed E-state index contributed by atoms with van der Waals surface area (Å²) in [7, 11) is 0. The van der Waals surface area contributed by atoms with Crippen LogP contribution in [0.25, 0.3) is 5.69 Å². The van der Waals surface area contributed by atoms with Crippen molar-refractivity contribution >= 4 is 5.91 Å². The zero-order chi connectivity index (χ0) is 13.9. The second-order valence-corrected chi connectivity index (χ2v) is 4.93. The molecule has 19 heavy (non-hydrogen) atoms. The second-order valence-electron chi connectivity index (χ2n) is 4.93. The van der Waals surface area contributed by atoms with Crippen LogP contribution in [0.1, 0.15) is 19.5 Å². The van der Waals surface area contributed by atoms with E-state index >= 15 is 0 Å². The van der Waals surface area contributed by atoms with Crippen LogP contribution in [0, 0.1) is 0 Å². The van der Waals surface area contributed by atoms with Crippen LogP contribution >= 0.6 is 0 Å². The Morgan fingerprint density at radius 2 is 2.00 bits per heavy atom. The summed E-state index contributed by atoms with van der Waals surface area (Å²) >= 11 is 0. The highest BCUT2D eigenvalue weighted by molar-refractivity contribution is 5.83. The fourth-order valence-corrected chi connectivity index (χ4v) is 1.58. The molecule has 100 valence electrons. The zero-order valence-electron chi connectivity index (χ0n) is 11.1. The van der Waals surface area contributed by atoms with Crippen LogP contribution in [0.3, 0.4) is 0 Å². The van der Waals surface area contributed by atoms with Gasteiger partial charge in [-0.15, -0.1) is 0 Å². The van der Waals surface area contributed by atoms with Crippen LogP contribution in [0.15, 0.2) is 42.6 Å². The van der Waals surface area contributed by atoms with Crippen LogP contribution in [0.5, 0.6) is 0 Å². The summed E-state index contributed by atoms with van der Waals surface area (Å²) in [6, 6.07) is 11.8. The Hall–Kier alpha value is -2.14. The molecule has 0 aliphatic heterocycles. The van der Waals surface area contributed by atoms with Gasteiger partial charge < -0.3 is 5.73 Å². The summed E-state index contributed by atoms with van der Waals surface area (Å²) in [6.07, 6.45) is 1.89. The summed E-state index contributed by atoms with van der Waals surface area (Å²) in [5, 5.41) is 7.53. The first-order chi connectivity index (χ1) is 8.99. The van der Waals surface area contributed by atoms with E-state index in [0.29, 0.717) is 6.54 Å². The SMILES string of the molecule is CC(C)(NCc1ccn(-c2ccccc2)n1)C(N)=O. The molecule has 1 aromatic carbocycles. The van der Waals surface area contributed by atoms with Crippen molar-refractivity contribution in [3.05, 3.63) is 48.3 Å². The Labute approximate surface area is 112 Å². The number of rotatable bonds is 5. The quantitative estimate of drug-likeness (QED) is 0.847. The van der Waals surface area contributed by atoms with Crippen molar-refractivity contribution in [3.63, 3.8) is 0 Å².